The molecule has 5 heteroatoms. The van der Waals surface area contributed by atoms with Crippen molar-refractivity contribution in [2.75, 3.05) is 0 Å². The van der Waals surface area contributed by atoms with Crippen molar-refractivity contribution in [2.45, 2.75) is 19.3 Å². The number of nitrogens with two attached hydrogens (primary N) is 1. The SMILES string of the molecule is NC(=S)N/N=C1\CCCc2c(O)cccc21. The van der Waals surface area contributed by atoms with E-state index < -0.39 is 0 Å². The highest BCUT2D eigenvalue weighted by atomic mass is 32.1. The van der Waals surface area contributed by atoms with E-state index in [4.69, 9.17) is 18.0 Å². The number of phenols is 1. The first kappa shape index (κ1) is 10.9. The molecule has 1 aliphatic carbocycles. The van der Waals surface area contributed by atoms with Crippen LogP contribution in [-0.4, -0.2) is 15.9 Å². The van der Waals surface area contributed by atoms with Crippen LogP contribution >= 0.6 is 12.2 Å². The van der Waals surface area contributed by atoms with Gasteiger partial charge in [-0.1, -0.05) is 12.1 Å². The Morgan fingerprint density at radius 1 is 1.44 bits per heavy atom. The number of thiocarbonyl (C=S) groups is 1. The van der Waals surface area contributed by atoms with Gasteiger partial charge in [0.2, 0.25) is 0 Å². The lowest BCUT2D eigenvalue weighted by Gasteiger charge is -2.18. The lowest BCUT2D eigenvalue weighted by Crippen LogP contribution is -2.26. The Hall–Kier alpha value is -1.62. The normalized spacial score (nSPS) is 16.9. The number of hydrogen-bond donors (Lipinski definition) is 3. The Bertz CT molecular complexity index is 457. The second-order valence-electron chi connectivity index (χ2n) is 3.69. The van der Waals surface area contributed by atoms with Crippen LogP contribution in [-0.2, 0) is 6.42 Å². The van der Waals surface area contributed by atoms with E-state index in [-0.39, 0.29) is 5.11 Å². The number of fused-ring (bicyclic) bond motifs is 1. The largest absolute Gasteiger partial charge is 0.508 e. The van der Waals surface area contributed by atoms with E-state index >= 15 is 0 Å². The number of hydrogen-bond acceptors (Lipinski definition) is 3. The molecule has 0 fully saturated rings. The molecule has 0 saturated carbocycles. The highest BCUT2D eigenvalue weighted by molar-refractivity contribution is 7.80. The predicted octanol–water partition coefficient (Wildman–Crippen LogP) is 1.27. The summed E-state index contributed by atoms with van der Waals surface area (Å²) >= 11 is 4.70. The van der Waals surface area contributed by atoms with Crippen LogP contribution in [0.25, 0.3) is 0 Å². The van der Waals surface area contributed by atoms with E-state index in [1.807, 2.05) is 12.1 Å². The number of hydrazone groups is 1. The van der Waals surface area contributed by atoms with E-state index in [2.05, 4.69) is 10.5 Å². The van der Waals surface area contributed by atoms with Crippen molar-refractivity contribution in [1.82, 2.24) is 5.43 Å². The molecule has 0 atom stereocenters. The smallest absolute Gasteiger partial charge is 0.184 e. The van der Waals surface area contributed by atoms with Gasteiger partial charge in [-0.05, 0) is 37.5 Å². The van der Waals surface area contributed by atoms with Crippen LogP contribution in [0.5, 0.6) is 5.75 Å². The van der Waals surface area contributed by atoms with Gasteiger partial charge in [-0.3, -0.25) is 5.43 Å². The van der Waals surface area contributed by atoms with Gasteiger partial charge < -0.3 is 10.8 Å². The highest BCUT2D eigenvalue weighted by Gasteiger charge is 2.17. The van der Waals surface area contributed by atoms with Gasteiger partial charge >= 0.3 is 0 Å². The summed E-state index contributed by atoms with van der Waals surface area (Å²) in [4.78, 5) is 0. The second-order valence-corrected chi connectivity index (χ2v) is 4.13. The second kappa shape index (κ2) is 4.49. The van der Waals surface area contributed by atoms with E-state index in [1.165, 1.54) is 0 Å². The molecule has 4 nitrogen and oxygen atoms in total. The zero-order valence-electron chi connectivity index (χ0n) is 8.73. The molecule has 0 heterocycles. The van der Waals surface area contributed by atoms with Crippen LogP contribution in [0.2, 0.25) is 0 Å². The molecule has 84 valence electrons. The quantitative estimate of drug-likeness (QED) is 0.506. The molecule has 0 spiro atoms. The Balaban J connectivity index is 2.37. The number of rotatable bonds is 1. The molecule has 0 unspecified atom stereocenters. The highest BCUT2D eigenvalue weighted by Crippen LogP contribution is 2.28. The zero-order valence-corrected chi connectivity index (χ0v) is 9.55. The van der Waals surface area contributed by atoms with Crippen LogP contribution in [0, 0.1) is 0 Å². The van der Waals surface area contributed by atoms with Gasteiger partial charge in [0, 0.05) is 11.1 Å². The van der Waals surface area contributed by atoms with Gasteiger partial charge in [0.1, 0.15) is 5.75 Å². The summed E-state index contributed by atoms with van der Waals surface area (Å²) in [5.41, 5.74) is 10.7. The van der Waals surface area contributed by atoms with Crippen molar-refractivity contribution in [1.29, 1.82) is 0 Å². The summed E-state index contributed by atoms with van der Waals surface area (Å²) in [5, 5.41) is 14.0. The average molecular weight is 235 g/mol. The molecule has 4 N–H and O–H groups in total. The number of aromatic hydroxyl groups is 1. The van der Waals surface area contributed by atoms with Crippen molar-refractivity contribution in [2.24, 2.45) is 10.8 Å². The number of phenolic OH excluding ortho intramolecular Hbond substituents is 1. The molecule has 1 aromatic rings. The summed E-state index contributed by atoms with van der Waals surface area (Å²) in [6, 6.07) is 5.47. The van der Waals surface area contributed by atoms with Crippen molar-refractivity contribution in [3.63, 3.8) is 0 Å². The first-order valence-electron chi connectivity index (χ1n) is 5.11. The Kier molecular flexibility index (Phi) is 3.05. The van der Waals surface area contributed by atoms with Crippen molar-refractivity contribution < 1.29 is 5.11 Å². The van der Waals surface area contributed by atoms with E-state index in [9.17, 15) is 5.11 Å². The maximum absolute atomic E-state index is 9.73. The Morgan fingerprint density at radius 2 is 2.25 bits per heavy atom. The third-order valence-corrected chi connectivity index (χ3v) is 2.69. The molecular weight excluding hydrogens is 222 g/mol. The average Bonchev–Trinajstić information content (AvgIpc) is 2.27. The molecule has 16 heavy (non-hydrogen) atoms. The molecule has 1 aromatic carbocycles. The van der Waals surface area contributed by atoms with Crippen LogP contribution in [0.3, 0.4) is 0 Å². The topological polar surface area (TPSA) is 70.6 Å². The van der Waals surface area contributed by atoms with Gasteiger partial charge in [-0.15, -0.1) is 0 Å². The summed E-state index contributed by atoms with van der Waals surface area (Å²) in [6.07, 6.45) is 2.72. The summed E-state index contributed by atoms with van der Waals surface area (Å²) in [6.45, 7) is 0. The minimum absolute atomic E-state index is 0.153. The molecule has 0 bridgehead atoms. The molecular formula is C11H13N3OS. The first-order valence-corrected chi connectivity index (χ1v) is 5.52. The van der Waals surface area contributed by atoms with Crippen LogP contribution in [0.15, 0.2) is 23.3 Å². The maximum atomic E-state index is 9.73. The molecule has 0 aromatic heterocycles. The van der Waals surface area contributed by atoms with E-state index in [0.717, 1.165) is 36.1 Å². The zero-order chi connectivity index (χ0) is 11.5. The fourth-order valence-corrected chi connectivity index (χ4v) is 1.96. The van der Waals surface area contributed by atoms with Gasteiger partial charge in [0.05, 0.1) is 5.71 Å². The van der Waals surface area contributed by atoms with Crippen LogP contribution in [0.1, 0.15) is 24.0 Å². The summed E-state index contributed by atoms with van der Waals surface area (Å²) in [7, 11) is 0. The van der Waals surface area contributed by atoms with Crippen molar-refractivity contribution in [3.05, 3.63) is 29.3 Å². The monoisotopic (exact) mass is 235 g/mol. The first-order chi connectivity index (χ1) is 7.68. The Morgan fingerprint density at radius 3 is 3.00 bits per heavy atom. The third kappa shape index (κ3) is 2.14. The minimum Gasteiger partial charge on any atom is -0.508 e. The standard InChI is InChI=1S/C11H13N3OS/c12-11(16)14-13-9-5-1-4-8-7(9)3-2-6-10(8)15/h2-3,6,15H,1,4-5H2,(H3,12,14,16)/b13-9+. The fraction of sp³-hybridized carbons (Fsp3) is 0.273. The van der Waals surface area contributed by atoms with E-state index in [1.54, 1.807) is 6.07 Å². The molecule has 2 rings (SSSR count). The molecule has 1 aliphatic rings. The summed E-state index contributed by atoms with van der Waals surface area (Å²) < 4.78 is 0. The molecule has 0 aliphatic heterocycles. The number of benzene rings is 1. The van der Waals surface area contributed by atoms with Crippen LogP contribution in [0.4, 0.5) is 0 Å². The van der Waals surface area contributed by atoms with Gasteiger partial charge in [0.15, 0.2) is 5.11 Å². The number of nitrogens with zero attached hydrogens (tertiary/aromatic N) is 1. The Labute approximate surface area is 99.2 Å². The van der Waals surface area contributed by atoms with Gasteiger partial charge in [0.25, 0.3) is 0 Å². The van der Waals surface area contributed by atoms with Gasteiger partial charge in [-0.2, -0.15) is 5.10 Å². The van der Waals surface area contributed by atoms with Gasteiger partial charge in [-0.25, -0.2) is 0 Å². The predicted molar refractivity (Wildman–Crippen MR) is 67.5 cm³/mol. The lowest BCUT2D eigenvalue weighted by molar-refractivity contribution is 0.466. The molecule has 0 amide bonds. The summed E-state index contributed by atoms with van der Waals surface area (Å²) in [5.74, 6) is 0.334. The van der Waals surface area contributed by atoms with Crippen molar-refractivity contribution >= 4 is 23.0 Å². The lowest BCUT2D eigenvalue weighted by atomic mass is 9.89. The molecule has 0 radical (unpaired) electrons. The van der Waals surface area contributed by atoms with Crippen molar-refractivity contribution in [3.8, 4) is 5.75 Å². The number of nitrogens with one attached hydrogen (secondary N) is 1. The fourth-order valence-electron chi connectivity index (χ4n) is 1.91. The van der Waals surface area contributed by atoms with E-state index in [0.29, 0.717) is 5.75 Å². The maximum Gasteiger partial charge on any atom is 0.184 e. The minimum atomic E-state index is 0.153. The third-order valence-electron chi connectivity index (χ3n) is 2.60. The van der Waals surface area contributed by atoms with Crippen LogP contribution < -0.4 is 11.2 Å². The molecule has 0 saturated heterocycles.